The minimum atomic E-state index is 0.334. The highest BCUT2D eigenvalue weighted by Gasteiger charge is 2.09. The number of hydrogen-bond donors (Lipinski definition) is 2. The lowest BCUT2D eigenvalue weighted by Gasteiger charge is -2.13. The average molecular weight is 267 g/mol. The maximum Gasteiger partial charge on any atom is 0.0940 e. The molecule has 2 aromatic heterocycles. The van der Waals surface area contributed by atoms with Crippen molar-refractivity contribution in [1.82, 2.24) is 10.4 Å². The van der Waals surface area contributed by atoms with Gasteiger partial charge in [-0.1, -0.05) is 6.07 Å². The molecule has 2 rings (SSSR count). The fraction of sp³-hybridized carbons (Fsp3) is 0.417. The summed E-state index contributed by atoms with van der Waals surface area (Å²) < 4.78 is 0. The third-order valence-corrected chi connectivity index (χ3v) is 4.43. The van der Waals surface area contributed by atoms with Crippen LogP contribution in [0.1, 0.15) is 22.7 Å². The first-order valence-corrected chi connectivity index (χ1v) is 7.51. The largest absolute Gasteiger partial charge is 0.271 e. The number of aryl methyl sites for hydroxylation is 1. The molecule has 0 spiro atoms. The van der Waals surface area contributed by atoms with E-state index in [-0.39, 0.29) is 0 Å². The number of aromatic nitrogens is 1. The molecule has 0 aliphatic carbocycles. The Hall–Kier alpha value is -0.750. The Morgan fingerprint density at radius 2 is 2.29 bits per heavy atom. The first-order valence-electron chi connectivity index (χ1n) is 5.75. The van der Waals surface area contributed by atoms with Crippen molar-refractivity contribution in [3.63, 3.8) is 0 Å². The Labute approximate surface area is 110 Å². The fourth-order valence-electron chi connectivity index (χ4n) is 1.79. The predicted molar refractivity (Wildman–Crippen MR) is 74.2 cm³/mol. The van der Waals surface area contributed by atoms with Crippen molar-refractivity contribution >= 4 is 22.7 Å². The van der Waals surface area contributed by atoms with Crippen molar-refractivity contribution < 1.29 is 0 Å². The lowest BCUT2D eigenvalue weighted by Crippen LogP contribution is -2.36. The Balaban J connectivity index is 1.72. The maximum atomic E-state index is 5.58. The second-order valence-corrected chi connectivity index (χ2v) is 5.98. The van der Waals surface area contributed by atoms with Crippen LogP contribution in [0.3, 0.4) is 0 Å². The zero-order chi connectivity index (χ0) is 11.9. The highest BCUT2D eigenvalue weighted by atomic mass is 32.1. The van der Waals surface area contributed by atoms with Gasteiger partial charge in [0.15, 0.2) is 0 Å². The number of nitrogens with one attached hydrogen (secondary N) is 1. The van der Waals surface area contributed by atoms with E-state index in [0.29, 0.717) is 6.04 Å². The van der Waals surface area contributed by atoms with E-state index < -0.39 is 0 Å². The van der Waals surface area contributed by atoms with E-state index in [1.54, 1.807) is 11.3 Å². The number of hydrazine groups is 1. The lowest BCUT2D eigenvalue weighted by molar-refractivity contribution is 0.476. The molecule has 1 atom stereocenters. The molecule has 0 aromatic carbocycles. The Morgan fingerprint density at radius 1 is 1.35 bits per heavy atom. The van der Waals surface area contributed by atoms with Gasteiger partial charge in [0.25, 0.3) is 0 Å². The van der Waals surface area contributed by atoms with Gasteiger partial charge in [-0.2, -0.15) is 0 Å². The normalized spacial score (nSPS) is 12.8. The van der Waals surface area contributed by atoms with E-state index in [2.05, 4.69) is 27.9 Å². The van der Waals surface area contributed by atoms with Crippen molar-refractivity contribution in [3.8, 4) is 0 Å². The molecule has 2 heterocycles. The molecule has 0 bridgehead atoms. The van der Waals surface area contributed by atoms with Gasteiger partial charge in [0, 0.05) is 28.9 Å². The maximum absolute atomic E-state index is 5.58. The molecule has 0 saturated carbocycles. The molecule has 5 heteroatoms. The molecule has 2 aromatic rings. The molecule has 0 aliphatic heterocycles. The summed E-state index contributed by atoms with van der Waals surface area (Å²) in [5, 5.41) is 5.29. The van der Waals surface area contributed by atoms with E-state index in [1.807, 2.05) is 22.9 Å². The van der Waals surface area contributed by atoms with Crippen LogP contribution in [0.15, 0.2) is 29.1 Å². The molecule has 0 aliphatic rings. The number of thiophene rings is 1. The number of nitrogens with zero attached hydrogens (tertiary/aromatic N) is 1. The topological polar surface area (TPSA) is 50.9 Å². The predicted octanol–water partition coefficient (Wildman–Crippen LogP) is 2.60. The summed E-state index contributed by atoms with van der Waals surface area (Å²) in [4.78, 5) is 5.74. The zero-order valence-electron chi connectivity index (χ0n) is 9.63. The minimum absolute atomic E-state index is 0.334. The summed E-state index contributed by atoms with van der Waals surface area (Å²) in [6.07, 6.45) is 6.18. The standard InChI is InChI=1S/C12H17N3S2/c13-15-10(9-12-14-6-8-17-12)3-1-4-11-5-2-7-16-11/h2,5-8,10,15H,1,3-4,9,13H2. The molecule has 0 saturated heterocycles. The molecule has 1 unspecified atom stereocenters. The van der Waals surface area contributed by atoms with Crippen molar-refractivity contribution in [2.45, 2.75) is 31.7 Å². The smallest absolute Gasteiger partial charge is 0.0940 e. The molecule has 3 N–H and O–H groups in total. The van der Waals surface area contributed by atoms with Crippen LogP contribution in [-0.2, 0) is 12.8 Å². The molecule has 17 heavy (non-hydrogen) atoms. The summed E-state index contributed by atoms with van der Waals surface area (Å²) in [5.74, 6) is 5.58. The van der Waals surface area contributed by atoms with E-state index in [4.69, 9.17) is 5.84 Å². The summed E-state index contributed by atoms with van der Waals surface area (Å²) in [6, 6.07) is 4.63. The third kappa shape index (κ3) is 4.20. The number of hydrogen-bond acceptors (Lipinski definition) is 5. The second-order valence-electron chi connectivity index (χ2n) is 3.97. The van der Waals surface area contributed by atoms with Crippen molar-refractivity contribution in [3.05, 3.63) is 39.0 Å². The molecule has 3 nitrogen and oxygen atoms in total. The third-order valence-electron chi connectivity index (χ3n) is 2.70. The van der Waals surface area contributed by atoms with Gasteiger partial charge in [-0.3, -0.25) is 11.3 Å². The first-order chi connectivity index (χ1) is 8.38. The fourth-order valence-corrected chi connectivity index (χ4v) is 3.24. The van der Waals surface area contributed by atoms with Gasteiger partial charge in [0.05, 0.1) is 5.01 Å². The highest BCUT2D eigenvalue weighted by Crippen LogP contribution is 2.14. The SMILES string of the molecule is NNC(CCCc1cccs1)Cc1nccs1. The van der Waals surface area contributed by atoms with Gasteiger partial charge in [-0.15, -0.1) is 22.7 Å². The van der Waals surface area contributed by atoms with Crippen molar-refractivity contribution in [1.29, 1.82) is 0 Å². The second kappa shape index (κ2) is 6.86. The molecule has 92 valence electrons. The van der Waals surface area contributed by atoms with Crippen molar-refractivity contribution in [2.75, 3.05) is 0 Å². The van der Waals surface area contributed by atoms with Crippen LogP contribution in [0.5, 0.6) is 0 Å². The molecular weight excluding hydrogens is 250 g/mol. The van der Waals surface area contributed by atoms with Crippen LogP contribution in [0.4, 0.5) is 0 Å². The van der Waals surface area contributed by atoms with Gasteiger partial charge in [0.2, 0.25) is 0 Å². The van der Waals surface area contributed by atoms with E-state index in [9.17, 15) is 0 Å². The van der Waals surface area contributed by atoms with Crippen LogP contribution >= 0.6 is 22.7 Å². The Kier molecular flexibility index (Phi) is 5.12. The molecule has 0 radical (unpaired) electrons. The molecular formula is C12H17N3S2. The zero-order valence-corrected chi connectivity index (χ0v) is 11.3. The van der Waals surface area contributed by atoms with E-state index in [1.165, 1.54) is 11.3 Å². The highest BCUT2D eigenvalue weighted by molar-refractivity contribution is 7.10. The van der Waals surface area contributed by atoms with E-state index in [0.717, 1.165) is 24.3 Å². The summed E-state index contributed by atoms with van der Waals surface area (Å²) >= 11 is 3.52. The van der Waals surface area contributed by atoms with Crippen LogP contribution in [0.25, 0.3) is 0 Å². The van der Waals surface area contributed by atoms with Crippen LogP contribution in [0.2, 0.25) is 0 Å². The minimum Gasteiger partial charge on any atom is -0.271 e. The number of nitrogens with two attached hydrogens (primary N) is 1. The Morgan fingerprint density at radius 3 is 2.94 bits per heavy atom. The van der Waals surface area contributed by atoms with Gasteiger partial charge >= 0.3 is 0 Å². The van der Waals surface area contributed by atoms with Gasteiger partial charge < -0.3 is 0 Å². The van der Waals surface area contributed by atoms with E-state index >= 15 is 0 Å². The average Bonchev–Trinajstić information content (AvgIpc) is 3.00. The van der Waals surface area contributed by atoms with Gasteiger partial charge in [-0.25, -0.2) is 4.98 Å². The van der Waals surface area contributed by atoms with Crippen LogP contribution in [0, 0.1) is 0 Å². The summed E-state index contributed by atoms with van der Waals surface area (Å²) in [6.45, 7) is 0. The number of rotatable bonds is 7. The van der Waals surface area contributed by atoms with Crippen LogP contribution < -0.4 is 11.3 Å². The number of thiazole rings is 1. The molecule has 0 fully saturated rings. The lowest BCUT2D eigenvalue weighted by atomic mass is 10.1. The summed E-state index contributed by atoms with van der Waals surface area (Å²) in [5.41, 5.74) is 2.89. The Bertz CT molecular complexity index is 397. The first kappa shape index (κ1) is 12.7. The van der Waals surface area contributed by atoms with Crippen LogP contribution in [-0.4, -0.2) is 11.0 Å². The molecule has 0 amide bonds. The van der Waals surface area contributed by atoms with Gasteiger partial charge in [0.1, 0.15) is 0 Å². The van der Waals surface area contributed by atoms with Gasteiger partial charge in [-0.05, 0) is 30.7 Å². The quantitative estimate of drug-likeness (QED) is 0.599. The monoisotopic (exact) mass is 267 g/mol. The van der Waals surface area contributed by atoms with Crippen molar-refractivity contribution in [2.24, 2.45) is 5.84 Å². The summed E-state index contributed by atoms with van der Waals surface area (Å²) in [7, 11) is 0.